The molecule has 0 saturated carbocycles. The second-order valence-corrected chi connectivity index (χ2v) is 8.46. The molecule has 154 valence electrons. The number of likely N-dealkylation sites (N-methyl/N-ethyl adjacent to an activating group) is 2. The number of carbonyl (C=O) groups excluding carboxylic acids is 2. The molecule has 1 saturated heterocycles. The van der Waals surface area contributed by atoms with Crippen molar-refractivity contribution in [2.24, 2.45) is 0 Å². The van der Waals surface area contributed by atoms with E-state index < -0.39 is 10.2 Å². The number of methoxy groups -OCH3 is 1. The molecule has 1 fully saturated rings. The summed E-state index contributed by atoms with van der Waals surface area (Å²) in [6.07, 6.45) is 6.00. The number of carbonyl (C=O) groups is 2. The van der Waals surface area contributed by atoms with Gasteiger partial charge >= 0.3 is 0 Å². The number of nitrogens with zero attached hydrogens (tertiary/aromatic N) is 2. The number of hydrogen-bond acceptors (Lipinski definition) is 6. The second kappa shape index (κ2) is 9.60. The number of amides is 2. The third kappa shape index (κ3) is 4.27. The zero-order valence-electron chi connectivity index (χ0n) is 17.2. The Morgan fingerprint density at radius 1 is 1.21 bits per heavy atom. The minimum Gasteiger partial charge on any atom is -0.498 e. The summed E-state index contributed by atoms with van der Waals surface area (Å²) < 4.78 is 10.9. The van der Waals surface area contributed by atoms with E-state index in [2.05, 4.69) is 0 Å². The van der Waals surface area contributed by atoms with E-state index in [1.807, 2.05) is 49.8 Å². The minimum absolute atomic E-state index is 0.0534. The Hall–Kier alpha value is -1.80. The first kappa shape index (κ1) is 22.5. The molecule has 0 spiro atoms. The third-order valence-corrected chi connectivity index (χ3v) is 7.22. The first-order valence-corrected chi connectivity index (χ1v) is 11.4. The van der Waals surface area contributed by atoms with E-state index in [-0.39, 0.29) is 11.8 Å². The predicted molar refractivity (Wildman–Crippen MR) is 115 cm³/mol. The SMILES string of the molecule is CC=C(COc1ccc(CC2(SC)C(=O)N(C)C(SC)C(=O)N2C)cc1)OC. The average molecular weight is 425 g/mol. The van der Waals surface area contributed by atoms with Crippen LogP contribution in [0.2, 0.25) is 0 Å². The Morgan fingerprint density at radius 2 is 1.86 bits per heavy atom. The molecule has 1 aliphatic rings. The molecular formula is C20H28N2O4S2. The standard InChI is InChI=1S/C20H28N2O4S2/c1-7-15(25-4)13-26-16-10-8-14(9-11-16)12-20(28-6)19(24)21(2)18(27-5)17(23)22(20)3/h7-11,18H,12-13H2,1-6H3. The highest BCUT2D eigenvalue weighted by Gasteiger charge is 2.53. The molecular weight excluding hydrogens is 396 g/mol. The van der Waals surface area contributed by atoms with Crippen LogP contribution in [0.4, 0.5) is 0 Å². The molecule has 0 radical (unpaired) electrons. The monoisotopic (exact) mass is 424 g/mol. The van der Waals surface area contributed by atoms with Gasteiger partial charge in [0, 0.05) is 20.5 Å². The number of benzene rings is 1. The van der Waals surface area contributed by atoms with Crippen molar-refractivity contribution in [1.29, 1.82) is 0 Å². The highest BCUT2D eigenvalue weighted by atomic mass is 32.2. The summed E-state index contributed by atoms with van der Waals surface area (Å²) in [4.78, 5) is 28.2. The summed E-state index contributed by atoms with van der Waals surface area (Å²) in [6.45, 7) is 2.25. The van der Waals surface area contributed by atoms with Crippen LogP contribution in [-0.2, 0) is 20.7 Å². The van der Waals surface area contributed by atoms with Gasteiger partial charge < -0.3 is 19.3 Å². The van der Waals surface area contributed by atoms with Crippen molar-refractivity contribution >= 4 is 35.3 Å². The molecule has 0 aliphatic carbocycles. The van der Waals surface area contributed by atoms with E-state index in [4.69, 9.17) is 9.47 Å². The van der Waals surface area contributed by atoms with E-state index in [1.54, 1.807) is 31.0 Å². The average Bonchev–Trinajstić information content (AvgIpc) is 2.72. The van der Waals surface area contributed by atoms with Gasteiger partial charge in [-0.25, -0.2) is 0 Å². The Labute approximate surface area is 175 Å². The normalized spacial score (nSPS) is 23.2. The number of rotatable bonds is 8. The van der Waals surface area contributed by atoms with Gasteiger partial charge in [-0.2, -0.15) is 0 Å². The lowest BCUT2D eigenvalue weighted by Gasteiger charge is -2.48. The van der Waals surface area contributed by atoms with Crippen LogP contribution in [0.3, 0.4) is 0 Å². The molecule has 6 nitrogen and oxygen atoms in total. The molecule has 8 heteroatoms. The first-order chi connectivity index (χ1) is 13.3. The molecule has 2 amide bonds. The Kier molecular flexibility index (Phi) is 7.71. The van der Waals surface area contributed by atoms with Gasteiger partial charge in [-0.1, -0.05) is 12.1 Å². The molecule has 0 bridgehead atoms. The predicted octanol–water partition coefficient (Wildman–Crippen LogP) is 2.84. The molecule has 1 heterocycles. The first-order valence-electron chi connectivity index (χ1n) is 8.88. The van der Waals surface area contributed by atoms with Crippen molar-refractivity contribution in [3.63, 3.8) is 0 Å². The molecule has 0 aromatic heterocycles. The van der Waals surface area contributed by atoms with Crippen molar-refractivity contribution < 1.29 is 19.1 Å². The number of thioether (sulfide) groups is 2. The van der Waals surface area contributed by atoms with Crippen molar-refractivity contribution in [3.05, 3.63) is 41.7 Å². The summed E-state index contributed by atoms with van der Waals surface area (Å²) in [7, 11) is 5.03. The number of ether oxygens (including phenoxy) is 2. The van der Waals surface area contributed by atoms with Gasteiger partial charge in [0.05, 0.1) is 7.11 Å². The zero-order chi connectivity index (χ0) is 20.9. The van der Waals surface area contributed by atoms with Crippen LogP contribution in [-0.4, -0.2) is 72.2 Å². The molecule has 2 rings (SSSR count). The fourth-order valence-corrected chi connectivity index (χ4v) is 4.94. The van der Waals surface area contributed by atoms with Crippen LogP contribution in [0.15, 0.2) is 36.1 Å². The summed E-state index contributed by atoms with van der Waals surface area (Å²) in [6, 6.07) is 7.61. The highest BCUT2D eigenvalue weighted by Crippen LogP contribution is 2.39. The van der Waals surface area contributed by atoms with Gasteiger partial charge in [0.1, 0.15) is 18.1 Å². The van der Waals surface area contributed by atoms with Crippen molar-refractivity contribution in [2.45, 2.75) is 23.6 Å². The fourth-order valence-electron chi connectivity index (χ4n) is 3.18. The summed E-state index contributed by atoms with van der Waals surface area (Å²) >= 11 is 2.77. The lowest BCUT2D eigenvalue weighted by Crippen LogP contribution is -2.68. The van der Waals surface area contributed by atoms with E-state index in [0.29, 0.717) is 13.0 Å². The quantitative estimate of drug-likeness (QED) is 0.598. The Morgan fingerprint density at radius 3 is 2.36 bits per heavy atom. The maximum Gasteiger partial charge on any atom is 0.260 e. The number of allylic oxidation sites excluding steroid dienone is 1. The van der Waals surface area contributed by atoms with Crippen molar-refractivity contribution in [1.82, 2.24) is 9.80 Å². The second-order valence-electron chi connectivity index (χ2n) is 6.46. The number of piperazine rings is 1. The molecule has 2 unspecified atom stereocenters. The van der Waals surface area contributed by atoms with Gasteiger partial charge in [0.25, 0.3) is 11.8 Å². The molecule has 1 aliphatic heterocycles. The van der Waals surface area contributed by atoms with Crippen molar-refractivity contribution in [3.8, 4) is 5.75 Å². The van der Waals surface area contributed by atoms with E-state index in [0.717, 1.165) is 17.1 Å². The number of hydrogen-bond donors (Lipinski definition) is 0. The summed E-state index contributed by atoms with van der Waals surface area (Å²) in [5.74, 6) is 1.36. The van der Waals surface area contributed by atoms with Crippen LogP contribution in [0, 0.1) is 0 Å². The maximum atomic E-state index is 13.2. The Bertz CT molecular complexity index is 738. The van der Waals surface area contributed by atoms with E-state index in [1.165, 1.54) is 23.5 Å². The summed E-state index contributed by atoms with van der Waals surface area (Å²) in [5, 5.41) is -0.477. The van der Waals surface area contributed by atoms with Crippen molar-refractivity contribution in [2.75, 3.05) is 40.3 Å². The van der Waals surface area contributed by atoms with Crippen LogP contribution < -0.4 is 4.74 Å². The summed E-state index contributed by atoms with van der Waals surface area (Å²) in [5.41, 5.74) is 0.962. The molecule has 2 atom stereocenters. The Balaban J connectivity index is 2.20. The van der Waals surface area contributed by atoms with Gasteiger partial charge in [-0.05, 0) is 43.2 Å². The minimum atomic E-state index is -0.950. The largest absolute Gasteiger partial charge is 0.498 e. The smallest absolute Gasteiger partial charge is 0.260 e. The molecule has 1 aromatic carbocycles. The van der Waals surface area contributed by atoms with Gasteiger partial charge in [-0.15, -0.1) is 23.5 Å². The lowest BCUT2D eigenvalue weighted by atomic mass is 10.0. The van der Waals surface area contributed by atoms with Crippen LogP contribution in [0.5, 0.6) is 5.75 Å². The van der Waals surface area contributed by atoms with Gasteiger partial charge in [-0.3, -0.25) is 9.59 Å². The fraction of sp³-hybridized carbons (Fsp3) is 0.500. The lowest BCUT2D eigenvalue weighted by molar-refractivity contribution is -0.156. The van der Waals surface area contributed by atoms with Crippen LogP contribution in [0.25, 0.3) is 0 Å². The maximum absolute atomic E-state index is 13.2. The molecule has 0 N–H and O–H groups in total. The van der Waals surface area contributed by atoms with Gasteiger partial charge in [0.2, 0.25) is 0 Å². The third-order valence-electron chi connectivity index (χ3n) is 4.98. The van der Waals surface area contributed by atoms with E-state index in [9.17, 15) is 9.59 Å². The highest BCUT2D eigenvalue weighted by molar-refractivity contribution is 8.01. The van der Waals surface area contributed by atoms with Crippen LogP contribution >= 0.6 is 23.5 Å². The van der Waals surface area contributed by atoms with E-state index >= 15 is 0 Å². The van der Waals surface area contributed by atoms with Crippen LogP contribution in [0.1, 0.15) is 12.5 Å². The zero-order valence-corrected chi connectivity index (χ0v) is 18.9. The molecule has 28 heavy (non-hydrogen) atoms. The molecule has 1 aromatic rings. The van der Waals surface area contributed by atoms with Gasteiger partial charge in [0.15, 0.2) is 10.2 Å². The topological polar surface area (TPSA) is 59.1 Å².